The summed E-state index contributed by atoms with van der Waals surface area (Å²) < 4.78 is 38.0. The number of thiophene rings is 1. The first kappa shape index (κ1) is 15.2. The van der Waals surface area contributed by atoms with E-state index in [2.05, 4.69) is 20.7 Å². The van der Waals surface area contributed by atoms with E-state index in [1.165, 1.54) is 18.2 Å². The molecule has 0 unspecified atom stereocenters. The van der Waals surface area contributed by atoms with Gasteiger partial charge in [0.2, 0.25) is 6.79 Å². The van der Waals surface area contributed by atoms with E-state index in [0.717, 1.165) is 11.3 Å². The van der Waals surface area contributed by atoms with Crippen molar-refractivity contribution in [1.82, 2.24) is 0 Å². The fraction of sp³-hybridized carbons (Fsp3) is 0.0909. The first-order valence-corrected chi connectivity index (χ1v) is 9.28. The predicted molar refractivity (Wildman–Crippen MR) is 85.4 cm³/mol. The number of hydrogen-bond donors (Lipinski definition) is 1. The molecule has 2 aromatic rings. The zero-order chi connectivity index (χ0) is 15.2. The number of anilines is 1. The molecule has 3 rings (SSSR count). The Kier molecular flexibility index (Phi) is 4.00. The van der Waals surface area contributed by atoms with Crippen LogP contribution in [0.1, 0.15) is 0 Å². The topological polar surface area (TPSA) is 64.6 Å². The molecule has 0 spiro atoms. The summed E-state index contributed by atoms with van der Waals surface area (Å²) >= 11 is 16.1. The maximum absolute atomic E-state index is 12.3. The molecule has 0 saturated heterocycles. The van der Waals surface area contributed by atoms with Crippen molar-refractivity contribution in [2.45, 2.75) is 4.21 Å². The van der Waals surface area contributed by atoms with Crippen LogP contribution in [0.2, 0.25) is 10.0 Å². The zero-order valence-corrected chi connectivity index (χ0v) is 14.8. The molecule has 0 radical (unpaired) electrons. The van der Waals surface area contributed by atoms with Gasteiger partial charge in [-0.2, -0.15) is 0 Å². The number of sulfonamides is 1. The molecule has 1 N–H and O–H groups in total. The number of benzene rings is 1. The van der Waals surface area contributed by atoms with Crippen molar-refractivity contribution >= 4 is 66.2 Å². The summed E-state index contributed by atoms with van der Waals surface area (Å²) in [7, 11) is -3.78. The monoisotopic (exact) mass is 429 g/mol. The summed E-state index contributed by atoms with van der Waals surface area (Å²) in [4.78, 5) is 0. The fourth-order valence-corrected chi connectivity index (χ4v) is 5.38. The van der Waals surface area contributed by atoms with Crippen molar-refractivity contribution in [3.05, 3.63) is 32.0 Å². The van der Waals surface area contributed by atoms with E-state index in [1.54, 1.807) is 0 Å². The Hall–Kier alpha value is -0.670. The van der Waals surface area contributed by atoms with Gasteiger partial charge in [-0.1, -0.05) is 23.2 Å². The number of rotatable bonds is 3. The minimum absolute atomic E-state index is 0.0770. The number of ether oxygens (including phenoxy) is 2. The molecule has 1 aromatic heterocycles. The van der Waals surface area contributed by atoms with E-state index in [1.807, 2.05) is 0 Å². The quantitative estimate of drug-likeness (QED) is 0.786. The van der Waals surface area contributed by atoms with Crippen LogP contribution < -0.4 is 14.2 Å². The van der Waals surface area contributed by atoms with Crippen LogP contribution in [0.4, 0.5) is 5.69 Å². The number of nitrogens with one attached hydrogen (secondary N) is 1. The Morgan fingerprint density at radius 1 is 1.14 bits per heavy atom. The van der Waals surface area contributed by atoms with Gasteiger partial charge in [0.1, 0.15) is 4.21 Å². The van der Waals surface area contributed by atoms with Crippen LogP contribution in [0.25, 0.3) is 0 Å². The Labute approximate surface area is 142 Å². The minimum atomic E-state index is -3.78. The van der Waals surface area contributed by atoms with Crippen molar-refractivity contribution in [2.75, 3.05) is 11.5 Å². The fourth-order valence-electron chi connectivity index (χ4n) is 1.65. The third kappa shape index (κ3) is 2.95. The van der Waals surface area contributed by atoms with Gasteiger partial charge in [-0.25, -0.2) is 8.42 Å². The lowest BCUT2D eigenvalue weighted by Crippen LogP contribution is -2.11. The van der Waals surface area contributed by atoms with Crippen LogP contribution in [0, 0.1) is 0 Å². The van der Waals surface area contributed by atoms with Crippen LogP contribution in [0.15, 0.2) is 26.2 Å². The third-order valence-corrected chi connectivity index (χ3v) is 7.22. The molecular weight excluding hydrogens is 425 g/mol. The van der Waals surface area contributed by atoms with Gasteiger partial charge >= 0.3 is 0 Å². The molecule has 0 amide bonds. The summed E-state index contributed by atoms with van der Waals surface area (Å²) in [5.74, 6) is 0.910. The van der Waals surface area contributed by atoms with Crippen molar-refractivity contribution in [3.63, 3.8) is 0 Å². The summed E-state index contributed by atoms with van der Waals surface area (Å²) in [5, 5.41) is 0.543. The van der Waals surface area contributed by atoms with E-state index >= 15 is 0 Å². The summed E-state index contributed by atoms with van der Waals surface area (Å²) in [5.41, 5.74) is 0.210. The average molecular weight is 431 g/mol. The maximum atomic E-state index is 12.3. The highest BCUT2D eigenvalue weighted by molar-refractivity contribution is 9.11. The summed E-state index contributed by atoms with van der Waals surface area (Å²) in [6.07, 6.45) is 0. The molecule has 2 heterocycles. The van der Waals surface area contributed by atoms with Gasteiger partial charge in [0.05, 0.1) is 19.5 Å². The number of hydrogen-bond acceptors (Lipinski definition) is 5. The van der Waals surface area contributed by atoms with Gasteiger partial charge in [-0.3, -0.25) is 4.72 Å². The second-order valence-corrected chi connectivity index (χ2v) is 9.07. The summed E-state index contributed by atoms with van der Waals surface area (Å²) in [6, 6.07) is 4.34. The Morgan fingerprint density at radius 2 is 1.81 bits per heavy atom. The van der Waals surface area contributed by atoms with Crippen molar-refractivity contribution < 1.29 is 17.9 Å². The third-order valence-electron chi connectivity index (χ3n) is 2.59. The number of halogens is 3. The SMILES string of the molecule is O=S(=O)(Nc1cc2c(cc1Cl)OCO2)c1cc(Cl)c(Br)s1. The van der Waals surface area contributed by atoms with E-state index in [-0.39, 0.29) is 21.7 Å². The molecule has 0 bridgehead atoms. The molecule has 1 aliphatic heterocycles. The van der Waals surface area contributed by atoms with Gasteiger partial charge in [-0.05, 0) is 22.0 Å². The highest BCUT2D eigenvalue weighted by atomic mass is 79.9. The van der Waals surface area contributed by atoms with Crippen molar-refractivity contribution in [3.8, 4) is 11.5 Å². The maximum Gasteiger partial charge on any atom is 0.271 e. The van der Waals surface area contributed by atoms with Crippen LogP contribution in [0.5, 0.6) is 11.5 Å². The van der Waals surface area contributed by atoms with Gasteiger partial charge < -0.3 is 9.47 Å². The number of fused-ring (bicyclic) bond motifs is 1. The standard InChI is InChI=1S/C11H6BrCl2NO4S2/c12-11-6(14)2-10(20-11)21(16,17)15-7-3-9-8(1-5(7)13)18-4-19-9/h1-3,15H,4H2. The lowest BCUT2D eigenvalue weighted by Gasteiger charge is -2.09. The van der Waals surface area contributed by atoms with E-state index in [0.29, 0.717) is 20.3 Å². The minimum Gasteiger partial charge on any atom is -0.454 e. The lowest BCUT2D eigenvalue weighted by atomic mass is 10.3. The molecule has 0 atom stereocenters. The molecule has 0 saturated carbocycles. The second-order valence-electron chi connectivity index (χ2n) is 3.98. The summed E-state index contributed by atoms with van der Waals surface area (Å²) in [6.45, 7) is 0.0787. The van der Waals surface area contributed by atoms with Crippen molar-refractivity contribution in [1.29, 1.82) is 0 Å². The molecule has 0 fully saturated rings. The Balaban J connectivity index is 1.96. The normalized spacial score (nSPS) is 13.5. The molecule has 5 nitrogen and oxygen atoms in total. The smallest absolute Gasteiger partial charge is 0.271 e. The lowest BCUT2D eigenvalue weighted by molar-refractivity contribution is 0.174. The zero-order valence-electron chi connectivity index (χ0n) is 10.0. The van der Waals surface area contributed by atoms with Gasteiger partial charge in [-0.15, -0.1) is 11.3 Å². The molecule has 1 aromatic carbocycles. The molecule has 1 aliphatic rings. The largest absolute Gasteiger partial charge is 0.454 e. The molecule has 0 aliphatic carbocycles. The van der Waals surface area contributed by atoms with E-state index in [9.17, 15) is 8.42 Å². The predicted octanol–water partition coefficient (Wildman–Crippen LogP) is 4.35. The molecular formula is C11H6BrCl2NO4S2. The molecule has 112 valence electrons. The van der Waals surface area contributed by atoms with Crippen LogP contribution in [-0.2, 0) is 10.0 Å². The second kappa shape index (κ2) is 5.51. The van der Waals surface area contributed by atoms with Crippen LogP contribution in [-0.4, -0.2) is 15.2 Å². The highest BCUT2D eigenvalue weighted by Crippen LogP contribution is 2.41. The first-order valence-electron chi connectivity index (χ1n) is 5.43. The first-order chi connectivity index (χ1) is 9.87. The van der Waals surface area contributed by atoms with E-state index in [4.69, 9.17) is 32.7 Å². The van der Waals surface area contributed by atoms with Gasteiger partial charge in [0.25, 0.3) is 10.0 Å². The van der Waals surface area contributed by atoms with Gasteiger partial charge in [0.15, 0.2) is 11.5 Å². The van der Waals surface area contributed by atoms with Gasteiger partial charge in [0, 0.05) is 12.1 Å². The van der Waals surface area contributed by atoms with Crippen LogP contribution >= 0.6 is 50.5 Å². The Bertz CT molecular complexity index is 802. The van der Waals surface area contributed by atoms with Crippen LogP contribution in [0.3, 0.4) is 0 Å². The molecule has 21 heavy (non-hydrogen) atoms. The molecule has 10 heteroatoms. The Morgan fingerprint density at radius 3 is 2.43 bits per heavy atom. The average Bonchev–Trinajstić information content (AvgIpc) is 2.97. The van der Waals surface area contributed by atoms with Crippen molar-refractivity contribution in [2.24, 2.45) is 0 Å². The van der Waals surface area contributed by atoms with E-state index < -0.39 is 10.0 Å². The highest BCUT2D eigenvalue weighted by Gasteiger charge is 2.23.